The molecular weight excluding hydrogens is 360 g/mol. The van der Waals surface area contributed by atoms with Crippen LogP contribution in [-0.2, 0) is 9.59 Å². The van der Waals surface area contributed by atoms with E-state index in [0.717, 1.165) is 0 Å². The molecule has 0 saturated carbocycles. The fraction of sp³-hybridized carbons (Fsp3) is 0.400. The normalized spacial score (nSPS) is 21.0. The maximum Gasteiger partial charge on any atom is 0.257 e. The van der Waals surface area contributed by atoms with E-state index in [0.29, 0.717) is 41.2 Å². The molecule has 1 saturated heterocycles. The van der Waals surface area contributed by atoms with Crippen LogP contribution in [0.3, 0.4) is 0 Å². The summed E-state index contributed by atoms with van der Waals surface area (Å²) in [6, 6.07) is 7.13. The molecule has 146 valence electrons. The van der Waals surface area contributed by atoms with Gasteiger partial charge in [0.2, 0.25) is 11.8 Å². The van der Waals surface area contributed by atoms with Crippen LogP contribution in [0.5, 0.6) is 0 Å². The molecule has 0 aliphatic carbocycles. The lowest BCUT2D eigenvalue weighted by atomic mass is 9.98. The smallest absolute Gasteiger partial charge is 0.257 e. The number of fused-ring (bicyclic) bond motifs is 3. The van der Waals surface area contributed by atoms with Crippen molar-refractivity contribution >= 4 is 29.1 Å². The van der Waals surface area contributed by atoms with E-state index in [1.807, 2.05) is 13.0 Å². The monoisotopic (exact) mass is 382 g/mol. The first-order valence-corrected chi connectivity index (χ1v) is 9.29. The van der Waals surface area contributed by atoms with Gasteiger partial charge >= 0.3 is 0 Å². The minimum Gasteiger partial charge on any atom is -0.359 e. The first kappa shape index (κ1) is 18.2. The minimum absolute atomic E-state index is 0.00683. The van der Waals surface area contributed by atoms with Gasteiger partial charge in [0, 0.05) is 19.4 Å². The van der Waals surface area contributed by atoms with Gasteiger partial charge in [0.15, 0.2) is 5.76 Å². The largest absolute Gasteiger partial charge is 0.359 e. The minimum atomic E-state index is -0.758. The summed E-state index contributed by atoms with van der Waals surface area (Å²) in [6.07, 6.45) is 1.02. The maximum atomic E-state index is 13.1. The second-order valence-corrected chi connectivity index (χ2v) is 7.42. The van der Waals surface area contributed by atoms with E-state index in [-0.39, 0.29) is 30.7 Å². The van der Waals surface area contributed by atoms with Crippen molar-refractivity contribution in [3.05, 3.63) is 41.3 Å². The van der Waals surface area contributed by atoms with Crippen molar-refractivity contribution in [1.82, 2.24) is 10.1 Å². The Kier molecular flexibility index (Phi) is 4.21. The molecule has 1 unspecified atom stereocenters. The number of aryl methyl sites for hydroxylation is 2. The summed E-state index contributed by atoms with van der Waals surface area (Å²) < 4.78 is 5.06. The van der Waals surface area contributed by atoms with Crippen molar-refractivity contribution in [3.8, 4) is 0 Å². The van der Waals surface area contributed by atoms with Crippen LogP contribution in [0.1, 0.15) is 48.0 Å². The summed E-state index contributed by atoms with van der Waals surface area (Å²) >= 11 is 0. The lowest BCUT2D eigenvalue weighted by Gasteiger charge is -2.48. The van der Waals surface area contributed by atoms with Crippen molar-refractivity contribution in [2.45, 2.75) is 45.7 Å². The zero-order chi connectivity index (χ0) is 20.1. The van der Waals surface area contributed by atoms with Gasteiger partial charge in [-0.05, 0) is 39.3 Å². The number of carbonyl (C=O) groups is 3. The highest BCUT2D eigenvalue weighted by Crippen LogP contribution is 2.43. The molecule has 8 heteroatoms. The van der Waals surface area contributed by atoms with E-state index in [9.17, 15) is 14.4 Å². The highest BCUT2D eigenvalue weighted by Gasteiger charge is 2.52. The Labute approximate surface area is 162 Å². The molecule has 1 fully saturated rings. The summed E-state index contributed by atoms with van der Waals surface area (Å²) in [6.45, 7) is 5.57. The third kappa shape index (κ3) is 2.67. The van der Waals surface area contributed by atoms with Gasteiger partial charge in [0.1, 0.15) is 17.0 Å². The van der Waals surface area contributed by atoms with Crippen molar-refractivity contribution < 1.29 is 18.9 Å². The Morgan fingerprint density at radius 3 is 2.75 bits per heavy atom. The number of hydrogen-bond acceptors (Lipinski definition) is 5. The van der Waals surface area contributed by atoms with E-state index in [2.05, 4.69) is 10.5 Å². The lowest BCUT2D eigenvalue weighted by molar-refractivity contribution is -0.117. The molecule has 0 radical (unpaired) electrons. The topological polar surface area (TPSA) is 95.8 Å². The van der Waals surface area contributed by atoms with Crippen LogP contribution in [-0.4, -0.2) is 40.0 Å². The standard InChI is InChI=1S/C20H22N4O4/c1-12-18(13(2)28-22-12)21-16(25)9-11-23-19(27)14-6-4-5-7-15(14)24-17(26)8-10-20(23,24)3/h4-7H,8-11H2,1-3H3,(H,21,25). The van der Waals surface area contributed by atoms with Gasteiger partial charge < -0.3 is 14.7 Å². The third-order valence-electron chi connectivity index (χ3n) is 5.61. The second-order valence-electron chi connectivity index (χ2n) is 7.42. The zero-order valence-corrected chi connectivity index (χ0v) is 16.1. The SMILES string of the molecule is Cc1noc(C)c1NC(=O)CCN1C(=O)c2ccccc2N2C(=O)CCC12C. The van der Waals surface area contributed by atoms with Crippen LogP contribution in [0.25, 0.3) is 0 Å². The zero-order valence-electron chi connectivity index (χ0n) is 16.1. The van der Waals surface area contributed by atoms with Gasteiger partial charge in [-0.3, -0.25) is 19.3 Å². The average Bonchev–Trinajstić information content (AvgIpc) is 3.15. The first-order chi connectivity index (χ1) is 13.3. The summed E-state index contributed by atoms with van der Waals surface area (Å²) in [4.78, 5) is 41.5. The van der Waals surface area contributed by atoms with Crippen molar-refractivity contribution in [2.24, 2.45) is 0 Å². The number of benzene rings is 1. The average molecular weight is 382 g/mol. The van der Waals surface area contributed by atoms with Gasteiger partial charge in [0.05, 0.1) is 11.3 Å². The molecular formula is C20H22N4O4. The quantitative estimate of drug-likeness (QED) is 0.877. The van der Waals surface area contributed by atoms with Crippen LogP contribution in [0.2, 0.25) is 0 Å². The third-order valence-corrected chi connectivity index (χ3v) is 5.61. The fourth-order valence-corrected chi connectivity index (χ4v) is 4.12. The molecule has 0 bridgehead atoms. The highest BCUT2D eigenvalue weighted by atomic mass is 16.5. The number of nitrogens with zero attached hydrogens (tertiary/aromatic N) is 3. The summed E-state index contributed by atoms with van der Waals surface area (Å²) in [7, 11) is 0. The van der Waals surface area contributed by atoms with Gasteiger partial charge in [-0.2, -0.15) is 0 Å². The summed E-state index contributed by atoms with van der Waals surface area (Å²) in [5.74, 6) is 0.135. The van der Waals surface area contributed by atoms with Gasteiger partial charge in [0.25, 0.3) is 5.91 Å². The van der Waals surface area contributed by atoms with Crippen LogP contribution in [0.4, 0.5) is 11.4 Å². The van der Waals surface area contributed by atoms with E-state index in [1.54, 1.807) is 41.8 Å². The lowest BCUT2D eigenvalue weighted by Crippen LogP contribution is -2.62. The fourth-order valence-electron chi connectivity index (χ4n) is 4.12. The van der Waals surface area contributed by atoms with Crippen molar-refractivity contribution in [2.75, 3.05) is 16.8 Å². The maximum absolute atomic E-state index is 13.1. The molecule has 3 heterocycles. The highest BCUT2D eigenvalue weighted by molar-refractivity contribution is 6.10. The molecule has 2 aliphatic rings. The summed E-state index contributed by atoms with van der Waals surface area (Å²) in [5.41, 5.74) is 1.54. The number of aromatic nitrogens is 1. The number of nitrogens with one attached hydrogen (secondary N) is 1. The molecule has 4 rings (SSSR count). The van der Waals surface area contributed by atoms with Crippen LogP contribution in [0, 0.1) is 13.8 Å². The number of anilines is 2. The Balaban J connectivity index is 1.57. The van der Waals surface area contributed by atoms with Crippen LogP contribution in [0.15, 0.2) is 28.8 Å². The molecule has 28 heavy (non-hydrogen) atoms. The van der Waals surface area contributed by atoms with Gasteiger partial charge in [-0.25, -0.2) is 0 Å². The van der Waals surface area contributed by atoms with Crippen LogP contribution >= 0.6 is 0 Å². The van der Waals surface area contributed by atoms with Gasteiger partial charge in [-0.1, -0.05) is 17.3 Å². The van der Waals surface area contributed by atoms with E-state index >= 15 is 0 Å². The Bertz CT molecular complexity index is 963. The Morgan fingerprint density at radius 2 is 2.04 bits per heavy atom. The molecule has 3 amide bonds. The Hall–Kier alpha value is -3.16. The van der Waals surface area contributed by atoms with Gasteiger partial charge in [-0.15, -0.1) is 0 Å². The second kappa shape index (κ2) is 6.47. The van der Waals surface area contributed by atoms with Crippen LogP contribution < -0.4 is 10.2 Å². The number of rotatable bonds is 4. The Morgan fingerprint density at radius 1 is 1.29 bits per heavy atom. The molecule has 0 spiro atoms. The predicted octanol–water partition coefficient (Wildman–Crippen LogP) is 2.62. The van der Waals surface area contributed by atoms with E-state index < -0.39 is 5.66 Å². The number of carbonyl (C=O) groups excluding carboxylic acids is 3. The molecule has 2 aromatic rings. The molecule has 8 nitrogen and oxygen atoms in total. The summed E-state index contributed by atoms with van der Waals surface area (Å²) in [5, 5.41) is 6.62. The molecule has 1 N–H and O–H groups in total. The predicted molar refractivity (Wildman–Crippen MR) is 102 cm³/mol. The molecule has 1 aromatic carbocycles. The number of amides is 3. The van der Waals surface area contributed by atoms with E-state index in [1.165, 1.54) is 0 Å². The van der Waals surface area contributed by atoms with Crippen molar-refractivity contribution in [1.29, 1.82) is 0 Å². The number of hydrogen-bond donors (Lipinski definition) is 1. The molecule has 1 aromatic heterocycles. The first-order valence-electron chi connectivity index (χ1n) is 9.29. The van der Waals surface area contributed by atoms with Crippen molar-refractivity contribution in [3.63, 3.8) is 0 Å². The number of para-hydroxylation sites is 1. The molecule has 2 aliphatic heterocycles. The molecule has 1 atom stereocenters. The van der Waals surface area contributed by atoms with E-state index in [4.69, 9.17) is 4.52 Å².